The van der Waals surface area contributed by atoms with E-state index in [0.29, 0.717) is 19.1 Å². The molecular formula is C18H30ClN3O. The summed E-state index contributed by atoms with van der Waals surface area (Å²) in [5.74, 6) is 0.219. The predicted octanol–water partition coefficient (Wildman–Crippen LogP) is 2.66. The zero-order valence-electron chi connectivity index (χ0n) is 14.1. The smallest absolute Gasteiger partial charge is 0.236 e. The minimum atomic E-state index is 0. The van der Waals surface area contributed by atoms with Crippen molar-refractivity contribution in [1.29, 1.82) is 0 Å². The van der Waals surface area contributed by atoms with Crippen LogP contribution in [0.4, 0.5) is 0 Å². The van der Waals surface area contributed by atoms with Gasteiger partial charge in [-0.3, -0.25) is 9.69 Å². The van der Waals surface area contributed by atoms with Crippen LogP contribution in [-0.2, 0) is 11.3 Å². The fraction of sp³-hybridized carbons (Fsp3) is 0.611. The molecule has 0 heterocycles. The van der Waals surface area contributed by atoms with Gasteiger partial charge in [-0.15, -0.1) is 12.4 Å². The Kier molecular flexibility index (Phi) is 9.22. The van der Waals surface area contributed by atoms with Crippen molar-refractivity contribution >= 4 is 18.3 Å². The Labute approximate surface area is 146 Å². The summed E-state index contributed by atoms with van der Waals surface area (Å²) in [6.45, 7) is 2.56. The molecule has 1 aromatic rings. The maximum absolute atomic E-state index is 12.6. The molecule has 1 aromatic carbocycles. The summed E-state index contributed by atoms with van der Waals surface area (Å²) in [6, 6.07) is 10.7. The molecule has 1 saturated carbocycles. The van der Waals surface area contributed by atoms with Crippen LogP contribution in [-0.4, -0.2) is 48.4 Å². The average molecular weight is 340 g/mol. The number of carbonyl (C=O) groups is 1. The Balaban J connectivity index is 0.00000264. The van der Waals surface area contributed by atoms with Crippen LogP contribution in [0.3, 0.4) is 0 Å². The highest BCUT2D eigenvalue weighted by atomic mass is 35.5. The van der Waals surface area contributed by atoms with Crippen LogP contribution >= 0.6 is 12.4 Å². The molecule has 0 unspecified atom stereocenters. The molecular weight excluding hydrogens is 310 g/mol. The normalized spacial score (nSPS) is 15.3. The molecule has 0 saturated heterocycles. The van der Waals surface area contributed by atoms with Crippen LogP contribution in [0.5, 0.6) is 0 Å². The van der Waals surface area contributed by atoms with Crippen molar-refractivity contribution in [2.24, 2.45) is 5.73 Å². The van der Waals surface area contributed by atoms with Gasteiger partial charge < -0.3 is 10.6 Å². The van der Waals surface area contributed by atoms with Gasteiger partial charge in [-0.1, -0.05) is 49.6 Å². The first kappa shape index (κ1) is 19.9. The van der Waals surface area contributed by atoms with Crippen LogP contribution in [0.15, 0.2) is 30.3 Å². The zero-order valence-corrected chi connectivity index (χ0v) is 14.9. The lowest BCUT2D eigenvalue weighted by atomic mass is 9.94. The minimum Gasteiger partial charge on any atom is -0.342 e. The molecule has 4 nitrogen and oxygen atoms in total. The maximum Gasteiger partial charge on any atom is 0.236 e. The first-order valence-electron chi connectivity index (χ1n) is 8.42. The van der Waals surface area contributed by atoms with Gasteiger partial charge in [0.1, 0.15) is 0 Å². The number of rotatable bonds is 7. The Morgan fingerprint density at radius 1 is 1.17 bits per heavy atom. The number of carbonyl (C=O) groups excluding carboxylic acids is 1. The van der Waals surface area contributed by atoms with Gasteiger partial charge in [0, 0.05) is 32.7 Å². The highest BCUT2D eigenvalue weighted by molar-refractivity contribution is 5.85. The lowest BCUT2D eigenvalue weighted by Crippen LogP contribution is -2.44. The SMILES string of the molecule is CN(C(=O)CN(CCN)Cc1ccccc1)C1CCCCC1.Cl. The van der Waals surface area contributed by atoms with Crippen molar-refractivity contribution in [2.45, 2.75) is 44.7 Å². The average Bonchev–Trinajstić information content (AvgIpc) is 2.56. The highest BCUT2D eigenvalue weighted by Gasteiger charge is 2.23. The number of benzene rings is 1. The molecule has 1 aliphatic rings. The monoisotopic (exact) mass is 339 g/mol. The Morgan fingerprint density at radius 3 is 2.43 bits per heavy atom. The minimum absolute atomic E-state index is 0. The molecule has 0 aromatic heterocycles. The lowest BCUT2D eigenvalue weighted by molar-refractivity contribution is -0.133. The molecule has 0 bridgehead atoms. The van der Waals surface area contributed by atoms with E-state index in [-0.39, 0.29) is 18.3 Å². The van der Waals surface area contributed by atoms with Crippen molar-refractivity contribution < 1.29 is 4.79 Å². The van der Waals surface area contributed by atoms with Crippen molar-refractivity contribution in [3.05, 3.63) is 35.9 Å². The number of hydrogen-bond acceptors (Lipinski definition) is 3. The van der Waals surface area contributed by atoms with Crippen LogP contribution in [0.1, 0.15) is 37.7 Å². The summed E-state index contributed by atoms with van der Waals surface area (Å²) in [4.78, 5) is 16.7. The van der Waals surface area contributed by atoms with Crippen molar-refractivity contribution in [3.63, 3.8) is 0 Å². The van der Waals surface area contributed by atoms with Gasteiger partial charge in [-0.2, -0.15) is 0 Å². The van der Waals surface area contributed by atoms with Crippen LogP contribution < -0.4 is 5.73 Å². The highest BCUT2D eigenvalue weighted by Crippen LogP contribution is 2.21. The predicted molar refractivity (Wildman–Crippen MR) is 97.7 cm³/mol. The summed E-state index contributed by atoms with van der Waals surface area (Å²) in [5, 5.41) is 0. The maximum atomic E-state index is 12.6. The quantitative estimate of drug-likeness (QED) is 0.830. The molecule has 1 amide bonds. The van der Waals surface area contributed by atoms with E-state index in [2.05, 4.69) is 17.0 Å². The molecule has 0 atom stereocenters. The van der Waals surface area contributed by atoms with E-state index < -0.39 is 0 Å². The van der Waals surface area contributed by atoms with Gasteiger partial charge >= 0.3 is 0 Å². The third-order valence-electron chi connectivity index (χ3n) is 4.57. The second-order valence-electron chi connectivity index (χ2n) is 6.28. The number of amides is 1. The van der Waals surface area contributed by atoms with Crippen LogP contribution in [0, 0.1) is 0 Å². The summed E-state index contributed by atoms with van der Waals surface area (Å²) in [5.41, 5.74) is 6.94. The Hall–Kier alpha value is -1.10. The van der Waals surface area contributed by atoms with E-state index in [1.54, 1.807) is 0 Å². The molecule has 0 spiro atoms. The van der Waals surface area contributed by atoms with Gasteiger partial charge in [0.15, 0.2) is 0 Å². The van der Waals surface area contributed by atoms with E-state index >= 15 is 0 Å². The number of halogens is 1. The van der Waals surface area contributed by atoms with Gasteiger partial charge in [0.05, 0.1) is 6.54 Å². The van der Waals surface area contributed by atoms with Crippen molar-refractivity contribution in [3.8, 4) is 0 Å². The van der Waals surface area contributed by atoms with Gasteiger partial charge in [0.2, 0.25) is 5.91 Å². The number of hydrogen-bond donors (Lipinski definition) is 1. The second kappa shape index (κ2) is 10.6. The van der Waals surface area contributed by atoms with Crippen LogP contribution in [0.2, 0.25) is 0 Å². The number of nitrogens with zero attached hydrogens (tertiary/aromatic N) is 2. The molecule has 1 aliphatic carbocycles. The zero-order chi connectivity index (χ0) is 15.8. The van der Waals surface area contributed by atoms with Crippen molar-refractivity contribution in [1.82, 2.24) is 9.80 Å². The first-order valence-corrected chi connectivity index (χ1v) is 8.42. The van der Waals surface area contributed by atoms with E-state index in [0.717, 1.165) is 25.9 Å². The summed E-state index contributed by atoms with van der Waals surface area (Å²) >= 11 is 0. The fourth-order valence-electron chi connectivity index (χ4n) is 3.21. The summed E-state index contributed by atoms with van der Waals surface area (Å²) in [6.07, 6.45) is 6.11. The number of nitrogens with two attached hydrogens (primary N) is 1. The van der Waals surface area contributed by atoms with Crippen molar-refractivity contribution in [2.75, 3.05) is 26.7 Å². The summed E-state index contributed by atoms with van der Waals surface area (Å²) in [7, 11) is 1.96. The molecule has 130 valence electrons. The third-order valence-corrected chi connectivity index (χ3v) is 4.57. The fourth-order valence-corrected chi connectivity index (χ4v) is 3.21. The third kappa shape index (κ3) is 6.50. The molecule has 2 N–H and O–H groups in total. The molecule has 0 aliphatic heterocycles. The number of likely N-dealkylation sites (N-methyl/N-ethyl adjacent to an activating group) is 1. The Bertz CT molecular complexity index is 449. The largest absolute Gasteiger partial charge is 0.342 e. The molecule has 0 radical (unpaired) electrons. The van der Waals surface area contributed by atoms with Gasteiger partial charge in [-0.05, 0) is 18.4 Å². The summed E-state index contributed by atoms with van der Waals surface area (Å²) < 4.78 is 0. The van der Waals surface area contributed by atoms with Gasteiger partial charge in [-0.25, -0.2) is 0 Å². The lowest BCUT2D eigenvalue weighted by Gasteiger charge is -2.33. The Morgan fingerprint density at radius 2 is 1.83 bits per heavy atom. The van der Waals surface area contributed by atoms with E-state index in [1.807, 2.05) is 30.1 Å². The van der Waals surface area contributed by atoms with Crippen LogP contribution in [0.25, 0.3) is 0 Å². The molecule has 5 heteroatoms. The topological polar surface area (TPSA) is 49.6 Å². The molecule has 23 heavy (non-hydrogen) atoms. The van der Waals surface area contributed by atoms with E-state index in [1.165, 1.54) is 24.8 Å². The second-order valence-corrected chi connectivity index (χ2v) is 6.28. The van der Waals surface area contributed by atoms with E-state index in [4.69, 9.17) is 5.73 Å². The molecule has 1 fully saturated rings. The van der Waals surface area contributed by atoms with Gasteiger partial charge in [0.25, 0.3) is 0 Å². The molecule has 2 rings (SSSR count). The first-order chi connectivity index (χ1) is 10.7. The standard InChI is InChI=1S/C18H29N3O.ClH/c1-20(17-10-6-3-7-11-17)18(22)15-21(13-12-19)14-16-8-4-2-5-9-16;/h2,4-5,8-9,17H,3,6-7,10-15,19H2,1H3;1H. The van der Waals surface area contributed by atoms with E-state index in [9.17, 15) is 4.79 Å².